The van der Waals surface area contributed by atoms with E-state index in [2.05, 4.69) is 31.7 Å². The van der Waals surface area contributed by atoms with Crippen molar-refractivity contribution >= 4 is 23.3 Å². The molecule has 1 atom stereocenters. The van der Waals surface area contributed by atoms with Crippen LogP contribution in [0.5, 0.6) is 5.75 Å². The van der Waals surface area contributed by atoms with Gasteiger partial charge in [0, 0.05) is 23.0 Å². The zero-order chi connectivity index (χ0) is 23.0. The van der Waals surface area contributed by atoms with Gasteiger partial charge in [-0.15, -0.1) is 0 Å². The van der Waals surface area contributed by atoms with Crippen LogP contribution >= 0.6 is 0 Å². The Kier molecular flexibility index (Phi) is 5.27. The third-order valence-corrected chi connectivity index (χ3v) is 5.59. The molecule has 7 nitrogen and oxygen atoms in total. The molecule has 2 N–H and O–H groups in total. The summed E-state index contributed by atoms with van der Waals surface area (Å²) in [5, 5.41) is 6.17. The van der Waals surface area contributed by atoms with Crippen molar-refractivity contribution in [1.29, 1.82) is 0 Å². The molecule has 0 saturated heterocycles. The minimum absolute atomic E-state index is 0.0375. The summed E-state index contributed by atoms with van der Waals surface area (Å²) in [7, 11) is 1.66. The molecule has 10 heteroatoms. The van der Waals surface area contributed by atoms with Crippen LogP contribution in [0.1, 0.15) is 34.8 Å². The van der Waals surface area contributed by atoms with Crippen molar-refractivity contribution in [2.24, 2.45) is 4.99 Å². The van der Waals surface area contributed by atoms with E-state index in [9.17, 15) is 13.2 Å². The second kappa shape index (κ2) is 8.27. The number of fused-ring (bicyclic) bond motifs is 2. The molecule has 2 heterocycles. The maximum atomic E-state index is 12.9. The van der Waals surface area contributed by atoms with Crippen LogP contribution in [0, 0.1) is 0 Å². The molecule has 1 aliphatic carbocycles. The maximum Gasteiger partial charge on any atom is 0.433 e. The third-order valence-electron chi connectivity index (χ3n) is 5.59. The minimum atomic E-state index is -4.54. The molecule has 0 saturated carbocycles. The molecule has 3 aromatic rings. The second-order valence-electron chi connectivity index (χ2n) is 7.71. The highest BCUT2D eigenvalue weighted by atomic mass is 19.4. The number of hydrogen-bond donors (Lipinski definition) is 2. The summed E-state index contributed by atoms with van der Waals surface area (Å²) in [6.45, 7) is 0.269. The summed E-state index contributed by atoms with van der Waals surface area (Å²) in [6, 6.07) is 12.6. The number of aromatic nitrogens is 2. The molecule has 0 radical (unpaired) electrons. The summed E-state index contributed by atoms with van der Waals surface area (Å²) < 4.78 is 50.0. The Balaban J connectivity index is 1.32. The van der Waals surface area contributed by atoms with E-state index in [1.54, 1.807) is 25.3 Å². The largest absolute Gasteiger partial charge is 0.496 e. The summed E-state index contributed by atoms with van der Waals surface area (Å²) in [5.41, 5.74) is 3.41. The van der Waals surface area contributed by atoms with Crippen LogP contribution < -0.4 is 15.4 Å². The Morgan fingerprint density at radius 1 is 1.12 bits per heavy atom. The average Bonchev–Trinajstić information content (AvgIpc) is 3.22. The summed E-state index contributed by atoms with van der Waals surface area (Å²) >= 11 is 0. The van der Waals surface area contributed by atoms with Gasteiger partial charge in [0.25, 0.3) is 6.02 Å². The number of hydrogen-bond acceptors (Lipinski definition) is 7. The molecule has 0 spiro atoms. The number of nitrogens with zero attached hydrogens (tertiary/aromatic N) is 3. The fourth-order valence-electron chi connectivity index (χ4n) is 4.07. The third kappa shape index (κ3) is 4.28. The zero-order valence-corrected chi connectivity index (χ0v) is 17.6. The summed E-state index contributed by atoms with van der Waals surface area (Å²) in [4.78, 5) is 12.0. The lowest BCUT2D eigenvalue weighted by atomic mass is 10.1. The van der Waals surface area contributed by atoms with E-state index in [0.717, 1.165) is 47.7 Å². The molecule has 1 aromatic heterocycles. The van der Waals surface area contributed by atoms with Gasteiger partial charge in [-0.2, -0.15) is 18.2 Å². The Hall–Kier alpha value is -3.82. The smallest absolute Gasteiger partial charge is 0.433 e. The predicted octanol–water partition coefficient (Wildman–Crippen LogP) is 5.04. The molecule has 0 amide bonds. The first kappa shape index (κ1) is 21.0. The van der Waals surface area contributed by atoms with Crippen molar-refractivity contribution in [2.45, 2.75) is 31.7 Å². The van der Waals surface area contributed by atoms with E-state index in [0.29, 0.717) is 11.7 Å². The molecular formula is C23H20F3N5O2. The van der Waals surface area contributed by atoms with Gasteiger partial charge in [0.15, 0.2) is 0 Å². The van der Waals surface area contributed by atoms with E-state index in [-0.39, 0.29) is 18.6 Å². The molecule has 170 valence electrons. The number of benzene rings is 2. The van der Waals surface area contributed by atoms with Crippen molar-refractivity contribution in [3.63, 3.8) is 0 Å². The Bertz CT molecular complexity index is 1230. The van der Waals surface area contributed by atoms with Gasteiger partial charge in [0.2, 0.25) is 5.95 Å². The van der Waals surface area contributed by atoms with Gasteiger partial charge in [0.05, 0.1) is 18.8 Å². The van der Waals surface area contributed by atoms with Crippen LogP contribution in [-0.4, -0.2) is 23.1 Å². The number of aryl methyl sites for hydroxylation is 1. The fourth-order valence-corrected chi connectivity index (χ4v) is 4.07. The van der Waals surface area contributed by atoms with Crippen LogP contribution in [0.4, 0.5) is 30.5 Å². The van der Waals surface area contributed by atoms with E-state index in [4.69, 9.17) is 9.47 Å². The first-order valence-electron chi connectivity index (χ1n) is 10.3. The number of ether oxygens (including phenoxy) is 2. The molecule has 33 heavy (non-hydrogen) atoms. The van der Waals surface area contributed by atoms with E-state index in [1.165, 1.54) is 5.56 Å². The molecule has 0 fully saturated rings. The van der Waals surface area contributed by atoms with Crippen LogP contribution in [0.25, 0.3) is 0 Å². The average molecular weight is 455 g/mol. The SMILES string of the molecule is COc1cccc2c1C(NC1=Nc3ccc(Nc4nccc(C(F)(F)F)n4)cc3CO1)CC2. The van der Waals surface area contributed by atoms with Crippen molar-refractivity contribution in [2.75, 3.05) is 12.4 Å². The quantitative estimate of drug-likeness (QED) is 0.574. The van der Waals surface area contributed by atoms with Crippen LogP contribution in [0.2, 0.25) is 0 Å². The van der Waals surface area contributed by atoms with Crippen molar-refractivity contribution in [3.05, 3.63) is 71.0 Å². The van der Waals surface area contributed by atoms with Gasteiger partial charge in [-0.25, -0.2) is 9.97 Å². The first-order chi connectivity index (χ1) is 15.9. The number of amidine groups is 1. The van der Waals surface area contributed by atoms with Gasteiger partial charge in [-0.05, 0) is 48.7 Å². The number of alkyl halides is 3. The second-order valence-corrected chi connectivity index (χ2v) is 7.71. The Morgan fingerprint density at radius 2 is 2.00 bits per heavy atom. The number of rotatable bonds is 4. The van der Waals surface area contributed by atoms with Gasteiger partial charge in [0.1, 0.15) is 18.1 Å². The van der Waals surface area contributed by atoms with Crippen molar-refractivity contribution in [1.82, 2.24) is 15.3 Å². The lowest BCUT2D eigenvalue weighted by Crippen LogP contribution is -2.30. The summed E-state index contributed by atoms with van der Waals surface area (Å²) in [5.74, 6) is 0.702. The van der Waals surface area contributed by atoms with E-state index >= 15 is 0 Å². The lowest BCUT2D eigenvalue weighted by molar-refractivity contribution is -0.141. The molecule has 0 bridgehead atoms. The van der Waals surface area contributed by atoms with Gasteiger partial charge in [-0.1, -0.05) is 12.1 Å². The summed E-state index contributed by atoms with van der Waals surface area (Å²) in [6.07, 6.45) is -1.62. The van der Waals surface area contributed by atoms with Crippen LogP contribution in [0.15, 0.2) is 53.7 Å². The lowest BCUT2D eigenvalue weighted by Gasteiger charge is -2.22. The number of aliphatic imine (C=N–C) groups is 1. The number of halogens is 3. The topological polar surface area (TPSA) is 80.7 Å². The van der Waals surface area contributed by atoms with E-state index < -0.39 is 11.9 Å². The Morgan fingerprint density at radius 3 is 2.82 bits per heavy atom. The van der Waals surface area contributed by atoms with Gasteiger partial charge < -0.3 is 20.1 Å². The van der Waals surface area contributed by atoms with Gasteiger partial charge in [-0.3, -0.25) is 0 Å². The normalized spacial score (nSPS) is 16.8. The molecule has 2 aliphatic rings. The predicted molar refractivity (Wildman–Crippen MR) is 116 cm³/mol. The van der Waals surface area contributed by atoms with Gasteiger partial charge >= 0.3 is 6.18 Å². The zero-order valence-electron chi connectivity index (χ0n) is 17.6. The highest BCUT2D eigenvalue weighted by molar-refractivity contribution is 5.81. The van der Waals surface area contributed by atoms with Crippen LogP contribution in [-0.2, 0) is 23.9 Å². The molecule has 2 aromatic carbocycles. The molecule has 1 aliphatic heterocycles. The van der Waals surface area contributed by atoms with Crippen LogP contribution in [0.3, 0.4) is 0 Å². The fraction of sp³-hybridized carbons (Fsp3) is 0.261. The Labute approximate surface area is 187 Å². The minimum Gasteiger partial charge on any atom is -0.496 e. The molecule has 5 rings (SSSR count). The molecule has 1 unspecified atom stereocenters. The number of anilines is 2. The number of nitrogens with one attached hydrogen (secondary N) is 2. The molecular weight excluding hydrogens is 435 g/mol. The monoisotopic (exact) mass is 455 g/mol. The van der Waals surface area contributed by atoms with Crippen molar-refractivity contribution in [3.8, 4) is 5.75 Å². The standard InChI is InChI=1S/C23H20F3N5O2/c1-32-18-4-2-3-13-5-7-17(20(13)18)30-22-29-16-8-6-15(11-14(16)12-33-22)28-21-27-10-9-19(31-21)23(24,25)26/h2-4,6,8-11,17H,5,7,12H2,1H3,(H,29,30)(H,27,28,31). The first-order valence-corrected chi connectivity index (χ1v) is 10.3. The van der Waals surface area contributed by atoms with Crippen molar-refractivity contribution < 1.29 is 22.6 Å². The highest BCUT2D eigenvalue weighted by Crippen LogP contribution is 2.38. The highest BCUT2D eigenvalue weighted by Gasteiger charge is 2.33. The number of methoxy groups -OCH3 is 1. The van der Waals surface area contributed by atoms with E-state index in [1.807, 2.05) is 12.1 Å². The maximum absolute atomic E-state index is 12.9.